The molecule has 1 N–H and O–H groups in total. The number of anilines is 3. The largest absolute Gasteiger partial charge is 0.443 e. The van der Waals surface area contributed by atoms with E-state index in [4.69, 9.17) is 27.9 Å². The van der Waals surface area contributed by atoms with Crippen LogP contribution < -0.4 is 10.2 Å². The third kappa shape index (κ3) is 5.22. The number of ether oxygens (including phenoxy) is 1. The van der Waals surface area contributed by atoms with Crippen molar-refractivity contribution in [1.82, 2.24) is 4.98 Å². The molecule has 0 bridgehead atoms. The number of pyridine rings is 1. The lowest BCUT2D eigenvalue weighted by molar-refractivity contribution is 0.0582. The molecule has 0 radical (unpaired) electrons. The number of nitrogens with one attached hydrogen (secondary N) is 1. The molecule has 2 aromatic rings. The summed E-state index contributed by atoms with van der Waals surface area (Å²) in [7, 11) is 0. The maximum Gasteiger partial charge on any atom is 0.414 e. The molecule has 140 valence electrons. The zero-order valence-corrected chi connectivity index (χ0v) is 16.5. The monoisotopic (exact) mass is 399 g/mol. The topological polar surface area (TPSA) is 54.5 Å². The van der Waals surface area contributed by atoms with Crippen molar-refractivity contribution in [2.75, 3.05) is 16.8 Å². The van der Waals surface area contributed by atoms with Gasteiger partial charge in [-0.05, 0) is 52.0 Å². The van der Waals surface area contributed by atoms with Gasteiger partial charge in [0.25, 0.3) is 0 Å². The standard InChI is InChI=1S/C18H20Cl2FN3O2/c1-5-24(17(25)26-18(2,3)4)15-9-12(21)6-7-14(15)23-16-13(20)8-11(19)10-22-16/h6-10H,5H2,1-4H3,(H,22,23). The summed E-state index contributed by atoms with van der Waals surface area (Å²) < 4.78 is 19.3. The van der Waals surface area contributed by atoms with Gasteiger partial charge < -0.3 is 10.1 Å². The van der Waals surface area contributed by atoms with Gasteiger partial charge in [-0.3, -0.25) is 4.90 Å². The summed E-state index contributed by atoms with van der Waals surface area (Å²) in [6.45, 7) is 7.35. The highest BCUT2D eigenvalue weighted by Gasteiger charge is 2.24. The first kappa shape index (κ1) is 20.3. The van der Waals surface area contributed by atoms with Crippen LogP contribution in [0.25, 0.3) is 0 Å². The molecule has 0 fully saturated rings. The molecular weight excluding hydrogens is 380 g/mol. The van der Waals surface area contributed by atoms with Crippen molar-refractivity contribution < 1.29 is 13.9 Å². The lowest BCUT2D eigenvalue weighted by atomic mass is 10.2. The van der Waals surface area contributed by atoms with Crippen LogP contribution in [0.1, 0.15) is 27.7 Å². The molecule has 1 heterocycles. The minimum absolute atomic E-state index is 0.287. The molecule has 0 saturated heterocycles. The summed E-state index contributed by atoms with van der Waals surface area (Å²) in [5, 5.41) is 3.70. The van der Waals surface area contributed by atoms with Crippen molar-refractivity contribution in [3.8, 4) is 0 Å². The molecule has 26 heavy (non-hydrogen) atoms. The number of hydrogen-bond acceptors (Lipinski definition) is 4. The lowest BCUT2D eigenvalue weighted by Gasteiger charge is -2.28. The van der Waals surface area contributed by atoms with Crippen molar-refractivity contribution in [1.29, 1.82) is 0 Å². The van der Waals surface area contributed by atoms with E-state index in [1.54, 1.807) is 27.7 Å². The molecule has 8 heteroatoms. The highest BCUT2D eigenvalue weighted by Crippen LogP contribution is 2.33. The van der Waals surface area contributed by atoms with Crippen molar-refractivity contribution in [2.24, 2.45) is 0 Å². The van der Waals surface area contributed by atoms with Gasteiger partial charge in [-0.2, -0.15) is 0 Å². The van der Waals surface area contributed by atoms with Crippen LogP contribution in [0.15, 0.2) is 30.5 Å². The Bertz CT molecular complexity index is 810. The quantitative estimate of drug-likeness (QED) is 0.681. The Balaban J connectivity index is 2.41. The molecule has 0 aliphatic carbocycles. The van der Waals surface area contributed by atoms with Gasteiger partial charge in [0.15, 0.2) is 0 Å². The van der Waals surface area contributed by atoms with Gasteiger partial charge in [0.2, 0.25) is 0 Å². The van der Waals surface area contributed by atoms with E-state index >= 15 is 0 Å². The zero-order valence-electron chi connectivity index (χ0n) is 14.9. The Morgan fingerprint density at radius 3 is 2.58 bits per heavy atom. The van der Waals surface area contributed by atoms with Crippen LogP contribution in [0.5, 0.6) is 0 Å². The van der Waals surface area contributed by atoms with Crippen molar-refractivity contribution >= 4 is 46.5 Å². The molecular formula is C18H20Cl2FN3O2. The Morgan fingerprint density at radius 2 is 2.00 bits per heavy atom. The van der Waals surface area contributed by atoms with E-state index in [0.29, 0.717) is 27.2 Å². The second kappa shape index (κ2) is 8.10. The molecule has 0 saturated carbocycles. The molecule has 0 unspecified atom stereocenters. The van der Waals surface area contributed by atoms with Gasteiger partial charge in [0.05, 0.1) is 21.4 Å². The molecule has 1 aromatic carbocycles. The number of carbonyl (C=O) groups is 1. The highest BCUT2D eigenvalue weighted by atomic mass is 35.5. The van der Waals surface area contributed by atoms with E-state index in [1.165, 1.54) is 35.4 Å². The minimum atomic E-state index is -0.674. The Hall–Kier alpha value is -2.05. The van der Waals surface area contributed by atoms with E-state index in [0.717, 1.165) is 0 Å². The van der Waals surface area contributed by atoms with Gasteiger partial charge >= 0.3 is 6.09 Å². The predicted octanol–water partition coefficient (Wildman–Crippen LogP) is 6.03. The number of hydrogen-bond donors (Lipinski definition) is 1. The SMILES string of the molecule is CCN(C(=O)OC(C)(C)C)c1cc(F)ccc1Nc1ncc(Cl)cc1Cl. The Labute approximate surface area is 162 Å². The second-order valence-corrected chi connectivity index (χ2v) is 7.34. The number of amides is 1. The number of aromatic nitrogens is 1. The van der Waals surface area contributed by atoms with Gasteiger partial charge in [0, 0.05) is 12.7 Å². The maximum atomic E-state index is 13.9. The molecule has 1 aromatic heterocycles. The molecule has 5 nitrogen and oxygen atoms in total. The molecule has 0 spiro atoms. The molecule has 0 aliphatic rings. The van der Waals surface area contributed by atoms with Gasteiger partial charge in [-0.15, -0.1) is 0 Å². The fraction of sp³-hybridized carbons (Fsp3) is 0.333. The first-order valence-electron chi connectivity index (χ1n) is 7.99. The summed E-state index contributed by atoms with van der Waals surface area (Å²) in [5.41, 5.74) is 0.0947. The Morgan fingerprint density at radius 1 is 1.31 bits per heavy atom. The van der Waals surface area contributed by atoms with Crippen LogP contribution in [0.3, 0.4) is 0 Å². The lowest BCUT2D eigenvalue weighted by Crippen LogP contribution is -2.37. The van der Waals surface area contributed by atoms with E-state index in [-0.39, 0.29) is 6.54 Å². The van der Waals surface area contributed by atoms with Crippen molar-refractivity contribution in [3.05, 3.63) is 46.3 Å². The summed E-state index contributed by atoms with van der Waals surface area (Å²) in [4.78, 5) is 18.0. The number of halogens is 3. The third-order valence-corrected chi connectivity index (χ3v) is 3.74. The number of rotatable bonds is 4. The van der Waals surface area contributed by atoms with Crippen LogP contribution in [0, 0.1) is 5.82 Å². The summed E-state index contributed by atoms with van der Waals surface area (Å²) in [6, 6.07) is 5.57. The van der Waals surface area contributed by atoms with Crippen LogP contribution in [-0.4, -0.2) is 23.2 Å². The van der Waals surface area contributed by atoms with Gasteiger partial charge in [0.1, 0.15) is 17.2 Å². The van der Waals surface area contributed by atoms with Crippen LogP contribution >= 0.6 is 23.2 Å². The number of nitrogens with zero attached hydrogens (tertiary/aromatic N) is 2. The average molecular weight is 400 g/mol. The molecule has 1 amide bonds. The van der Waals surface area contributed by atoms with Crippen LogP contribution in [-0.2, 0) is 4.74 Å². The summed E-state index contributed by atoms with van der Waals surface area (Å²) >= 11 is 12.0. The predicted molar refractivity (Wildman–Crippen MR) is 103 cm³/mol. The fourth-order valence-corrected chi connectivity index (χ4v) is 2.61. The molecule has 0 aliphatic heterocycles. The van der Waals surface area contributed by atoms with E-state index in [2.05, 4.69) is 10.3 Å². The summed E-state index contributed by atoms with van der Waals surface area (Å²) in [6.07, 6.45) is 0.855. The second-order valence-electron chi connectivity index (χ2n) is 6.50. The minimum Gasteiger partial charge on any atom is -0.443 e. The third-order valence-electron chi connectivity index (χ3n) is 3.24. The van der Waals surface area contributed by atoms with Crippen molar-refractivity contribution in [2.45, 2.75) is 33.3 Å². The number of benzene rings is 1. The molecule has 2 rings (SSSR count). The fourth-order valence-electron chi connectivity index (χ4n) is 2.18. The van der Waals surface area contributed by atoms with E-state index in [9.17, 15) is 9.18 Å². The van der Waals surface area contributed by atoms with E-state index in [1.807, 2.05) is 0 Å². The molecule has 0 atom stereocenters. The van der Waals surface area contributed by atoms with Crippen LogP contribution in [0.4, 0.5) is 26.4 Å². The highest BCUT2D eigenvalue weighted by molar-refractivity contribution is 6.36. The smallest absolute Gasteiger partial charge is 0.414 e. The van der Waals surface area contributed by atoms with Gasteiger partial charge in [-0.1, -0.05) is 23.2 Å². The normalized spacial score (nSPS) is 11.2. The first-order chi connectivity index (χ1) is 12.1. The Kier molecular flexibility index (Phi) is 6.31. The number of carbonyl (C=O) groups excluding carboxylic acids is 1. The first-order valence-corrected chi connectivity index (χ1v) is 8.74. The average Bonchev–Trinajstić information content (AvgIpc) is 2.51. The zero-order chi connectivity index (χ0) is 19.5. The van der Waals surface area contributed by atoms with Crippen LogP contribution in [0.2, 0.25) is 10.0 Å². The van der Waals surface area contributed by atoms with Gasteiger partial charge in [-0.25, -0.2) is 14.2 Å². The van der Waals surface area contributed by atoms with E-state index < -0.39 is 17.5 Å². The maximum absolute atomic E-state index is 13.9. The van der Waals surface area contributed by atoms with Crippen molar-refractivity contribution in [3.63, 3.8) is 0 Å². The summed E-state index contributed by atoms with van der Waals surface area (Å²) in [5.74, 6) is -0.146.